The van der Waals surface area contributed by atoms with Gasteiger partial charge in [0.1, 0.15) is 0 Å². The Kier molecular flexibility index (Phi) is 9.81. The van der Waals surface area contributed by atoms with Crippen LogP contribution in [0.25, 0.3) is 6.08 Å². The molecule has 0 aromatic carbocycles. The van der Waals surface area contributed by atoms with Crippen LogP contribution in [0.2, 0.25) is 0 Å². The summed E-state index contributed by atoms with van der Waals surface area (Å²) >= 11 is 1.67. The van der Waals surface area contributed by atoms with Crippen molar-refractivity contribution in [1.29, 1.82) is 0 Å². The van der Waals surface area contributed by atoms with Crippen molar-refractivity contribution in [3.05, 3.63) is 33.8 Å². The van der Waals surface area contributed by atoms with E-state index in [2.05, 4.69) is 56.8 Å². The molecule has 0 saturated carbocycles. The lowest BCUT2D eigenvalue weighted by Gasteiger charge is -2.24. The maximum atomic E-state index is 12.3. The third kappa shape index (κ3) is 7.42. The summed E-state index contributed by atoms with van der Waals surface area (Å²) < 4.78 is 0. The Bertz CT molecular complexity index is 619. The Morgan fingerprint density at radius 3 is 2.62 bits per heavy atom. The minimum absolute atomic E-state index is 0.101. The first-order valence-electron chi connectivity index (χ1n) is 9.55. The fraction of sp³-hybridized carbons (Fsp3) is 0.619. The van der Waals surface area contributed by atoms with Crippen LogP contribution in [0, 0.1) is 18.8 Å². The molecule has 2 unspecified atom stereocenters. The molecule has 0 aliphatic carbocycles. The van der Waals surface area contributed by atoms with Crippen LogP contribution in [0.5, 0.6) is 0 Å². The molecular formula is C21H35N3OS. The van der Waals surface area contributed by atoms with E-state index in [4.69, 9.17) is 0 Å². The molecule has 4 nitrogen and oxygen atoms in total. The van der Waals surface area contributed by atoms with Gasteiger partial charge >= 0.3 is 0 Å². The Hall–Kier alpha value is -1.46. The third-order valence-corrected chi connectivity index (χ3v) is 5.79. The van der Waals surface area contributed by atoms with E-state index in [9.17, 15) is 4.79 Å². The average Bonchev–Trinajstić information content (AvgIpc) is 2.96. The van der Waals surface area contributed by atoms with Crippen LogP contribution in [0.1, 0.15) is 56.1 Å². The van der Waals surface area contributed by atoms with E-state index >= 15 is 0 Å². The second-order valence-electron chi connectivity index (χ2n) is 7.23. The predicted molar refractivity (Wildman–Crippen MR) is 113 cm³/mol. The van der Waals surface area contributed by atoms with Gasteiger partial charge in [-0.3, -0.25) is 4.79 Å². The van der Waals surface area contributed by atoms with Gasteiger partial charge in [0.25, 0.3) is 0 Å². The largest absolute Gasteiger partial charge is 0.352 e. The van der Waals surface area contributed by atoms with Crippen molar-refractivity contribution < 1.29 is 4.79 Å². The number of aromatic nitrogens is 1. The number of carbonyl (C=O) groups excluding carboxylic acids is 1. The molecule has 0 fully saturated rings. The van der Waals surface area contributed by atoms with Crippen molar-refractivity contribution in [1.82, 2.24) is 15.6 Å². The topological polar surface area (TPSA) is 54.0 Å². The van der Waals surface area contributed by atoms with Gasteiger partial charge in [-0.25, -0.2) is 4.98 Å². The fourth-order valence-corrected chi connectivity index (χ4v) is 3.42. The van der Waals surface area contributed by atoms with Crippen LogP contribution >= 0.6 is 11.3 Å². The van der Waals surface area contributed by atoms with E-state index < -0.39 is 0 Å². The zero-order valence-corrected chi connectivity index (χ0v) is 18.0. The van der Waals surface area contributed by atoms with Crippen molar-refractivity contribution in [2.75, 3.05) is 13.6 Å². The minimum Gasteiger partial charge on any atom is -0.352 e. The van der Waals surface area contributed by atoms with E-state index in [1.165, 1.54) is 4.88 Å². The first-order valence-corrected chi connectivity index (χ1v) is 10.4. The summed E-state index contributed by atoms with van der Waals surface area (Å²) in [6.45, 7) is 15.5. The van der Waals surface area contributed by atoms with Gasteiger partial charge in [-0.05, 0) is 31.9 Å². The molecule has 0 aliphatic heterocycles. The molecule has 146 valence electrons. The number of nitrogens with one attached hydrogen (secondary N) is 2. The van der Waals surface area contributed by atoms with E-state index in [0.717, 1.165) is 29.2 Å². The quantitative estimate of drug-likeness (QED) is 0.563. The molecule has 0 aliphatic rings. The molecule has 5 heteroatoms. The van der Waals surface area contributed by atoms with E-state index in [1.54, 1.807) is 11.3 Å². The maximum absolute atomic E-state index is 12.3. The van der Waals surface area contributed by atoms with E-state index in [1.807, 2.05) is 19.2 Å². The normalized spacial score (nSPS) is 14.0. The lowest BCUT2D eigenvalue weighted by atomic mass is 9.99. The number of hydrogen-bond acceptors (Lipinski definition) is 4. The highest BCUT2D eigenvalue weighted by Gasteiger charge is 2.17. The second kappa shape index (κ2) is 11.3. The molecule has 1 aromatic rings. The molecule has 1 amide bonds. The number of thiazole rings is 1. The number of rotatable bonds is 11. The summed E-state index contributed by atoms with van der Waals surface area (Å²) in [5.74, 6) is 0.993. The first kappa shape index (κ1) is 22.6. The summed E-state index contributed by atoms with van der Waals surface area (Å²) in [5.41, 5.74) is 2.08. The van der Waals surface area contributed by atoms with Gasteiger partial charge in [-0.15, -0.1) is 11.3 Å². The van der Waals surface area contributed by atoms with Gasteiger partial charge in [0.05, 0.1) is 10.7 Å². The molecular weight excluding hydrogens is 342 g/mol. The minimum atomic E-state index is 0.101. The van der Waals surface area contributed by atoms with Gasteiger partial charge in [-0.1, -0.05) is 52.3 Å². The highest BCUT2D eigenvalue weighted by Crippen LogP contribution is 2.21. The van der Waals surface area contributed by atoms with Crippen molar-refractivity contribution in [3.63, 3.8) is 0 Å². The van der Waals surface area contributed by atoms with Crippen molar-refractivity contribution in [2.24, 2.45) is 11.8 Å². The summed E-state index contributed by atoms with van der Waals surface area (Å²) in [6.07, 6.45) is 6.28. The number of carbonyl (C=O) groups is 1. The highest BCUT2D eigenvalue weighted by atomic mass is 32.1. The molecule has 26 heavy (non-hydrogen) atoms. The maximum Gasteiger partial charge on any atom is 0.220 e. The van der Waals surface area contributed by atoms with Gasteiger partial charge in [0.15, 0.2) is 0 Å². The number of hydrogen-bond donors (Lipinski definition) is 2. The number of amides is 1. The number of allylic oxidation sites excluding steroid dienone is 2. The van der Waals surface area contributed by atoms with Gasteiger partial charge in [-0.2, -0.15) is 0 Å². The van der Waals surface area contributed by atoms with Crippen LogP contribution in [0.3, 0.4) is 0 Å². The standard InChI is InChI=1S/C21H35N3OS/c1-8-15(4)19(13-22-7)23-20(25)11-12-21-24-18(17(6)26-21)10-9-16(5)14(2)3/h9-10,14-15,19,22H,5,8,11-13H2,1-4,6-7H3,(H,23,25)/b10-9-. The highest BCUT2D eigenvalue weighted by molar-refractivity contribution is 7.11. The predicted octanol–water partition coefficient (Wildman–Crippen LogP) is 4.36. The van der Waals surface area contributed by atoms with Crippen LogP contribution in [0.15, 0.2) is 18.2 Å². The Morgan fingerprint density at radius 1 is 1.35 bits per heavy atom. The van der Waals surface area contributed by atoms with Crippen LogP contribution in [0.4, 0.5) is 0 Å². The molecule has 0 saturated heterocycles. The number of likely N-dealkylation sites (N-methyl/N-ethyl adjacent to an activating group) is 1. The monoisotopic (exact) mass is 377 g/mol. The Morgan fingerprint density at radius 2 is 2.04 bits per heavy atom. The SMILES string of the molecule is C=C(/C=C\c1nc(CCC(=O)NC(CNC)C(C)CC)sc1C)C(C)C. The van der Waals surface area contributed by atoms with Crippen molar-refractivity contribution in [2.45, 2.75) is 59.9 Å². The van der Waals surface area contributed by atoms with Gasteiger partial charge in [0.2, 0.25) is 5.91 Å². The summed E-state index contributed by atoms with van der Waals surface area (Å²) in [4.78, 5) is 18.2. The van der Waals surface area contributed by atoms with Gasteiger partial charge in [0, 0.05) is 30.3 Å². The van der Waals surface area contributed by atoms with Crippen molar-refractivity contribution >= 4 is 23.3 Å². The smallest absolute Gasteiger partial charge is 0.220 e. The molecule has 1 rings (SSSR count). The molecule has 1 aromatic heterocycles. The van der Waals surface area contributed by atoms with Gasteiger partial charge < -0.3 is 10.6 Å². The Labute approximate surface area is 163 Å². The molecule has 0 spiro atoms. The van der Waals surface area contributed by atoms with Crippen LogP contribution in [-0.2, 0) is 11.2 Å². The summed E-state index contributed by atoms with van der Waals surface area (Å²) in [5, 5.41) is 7.34. The number of aryl methyl sites for hydroxylation is 2. The molecule has 1 heterocycles. The van der Waals surface area contributed by atoms with Crippen LogP contribution < -0.4 is 10.6 Å². The van der Waals surface area contributed by atoms with Crippen LogP contribution in [-0.4, -0.2) is 30.5 Å². The lowest BCUT2D eigenvalue weighted by Crippen LogP contribution is -2.45. The molecule has 2 atom stereocenters. The molecule has 2 N–H and O–H groups in total. The summed E-state index contributed by atoms with van der Waals surface area (Å²) in [6, 6.07) is 0.177. The zero-order valence-electron chi connectivity index (χ0n) is 17.2. The number of nitrogens with zero attached hydrogens (tertiary/aromatic N) is 1. The second-order valence-corrected chi connectivity index (χ2v) is 8.52. The van der Waals surface area contributed by atoms with E-state index in [0.29, 0.717) is 24.7 Å². The molecule has 0 radical (unpaired) electrons. The third-order valence-electron chi connectivity index (χ3n) is 4.74. The van der Waals surface area contributed by atoms with Crippen molar-refractivity contribution in [3.8, 4) is 0 Å². The Balaban J connectivity index is 2.60. The zero-order chi connectivity index (χ0) is 19.7. The fourth-order valence-electron chi connectivity index (χ4n) is 2.50. The first-order chi connectivity index (χ1) is 12.3. The lowest BCUT2D eigenvalue weighted by molar-refractivity contribution is -0.122. The molecule has 0 bridgehead atoms. The average molecular weight is 378 g/mol. The van der Waals surface area contributed by atoms with E-state index in [-0.39, 0.29) is 11.9 Å². The summed E-state index contributed by atoms with van der Waals surface area (Å²) in [7, 11) is 1.92.